The van der Waals surface area contributed by atoms with Crippen molar-refractivity contribution in [2.75, 3.05) is 0 Å². The highest BCUT2D eigenvalue weighted by atomic mass is 16.3. The van der Waals surface area contributed by atoms with Crippen LogP contribution >= 0.6 is 0 Å². The number of aryl methyl sites for hydroxylation is 2. The lowest BCUT2D eigenvalue weighted by atomic mass is 9.88. The monoisotopic (exact) mass is 773 g/mol. The van der Waals surface area contributed by atoms with Gasteiger partial charge in [-0.1, -0.05) is 147 Å². The molecule has 4 nitrogen and oxygen atoms in total. The Hall–Kier alpha value is -7.56. The van der Waals surface area contributed by atoms with E-state index in [4.69, 9.17) is 9.97 Å². The molecule has 1 N–H and O–H groups in total. The highest BCUT2D eigenvalue weighted by Gasteiger charge is 2.18. The molecule has 0 bridgehead atoms. The van der Waals surface area contributed by atoms with Crippen LogP contribution in [0.5, 0.6) is 5.75 Å². The van der Waals surface area contributed by atoms with Crippen LogP contribution in [-0.4, -0.2) is 19.6 Å². The first-order chi connectivity index (χ1) is 29.5. The minimum atomic E-state index is 0.250. The molecule has 0 aliphatic carbocycles. The van der Waals surface area contributed by atoms with Crippen molar-refractivity contribution in [2.24, 2.45) is 0 Å². The fourth-order valence-electron chi connectivity index (χ4n) is 8.63. The minimum absolute atomic E-state index is 0.250. The summed E-state index contributed by atoms with van der Waals surface area (Å²) >= 11 is 0. The zero-order valence-electron chi connectivity index (χ0n) is 33.7. The topological polar surface area (TPSA) is 50.9 Å². The van der Waals surface area contributed by atoms with E-state index >= 15 is 0 Å². The Morgan fingerprint density at radius 3 is 1.83 bits per heavy atom. The van der Waals surface area contributed by atoms with Gasteiger partial charge in [-0.15, -0.1) is 0 Å². The Bertz CT molecular complexity index is 3110. The number of phenolic OH excluding ortho intramolecular Hbond substituents is 1. The van der Waals surface area contributed by atoms with Crippen molar-refractivity contribution >= 4 is 21.8 Å². The minimum Gasteiger partial charge on any atom is -0.507 e. The van der Waals surface area contributed by atoms with Crippen molar-refractivity contribution in [1.29, 1.82) is 0 Å². The number of hydrogen-bond acceptors (Lipinski definition) is 3. The van der Waals surface area contributed by atoms with E-state index in [1.165, 1.54) is 38.5 Å². The van der Waals surface area contributed by atoms with Crippen molar-refractivity contribution in [3.63, 3.8) is 0 Å². The van der Waals surface area contributed by atoms with E-state index in [9.17, 15) is 5.11 Å². The molecule has 0 radical (unpaired) electrons. The van der Waals surface area contributed by atoms with Gasteiger partial charge in [0.05, 0.1) is 22.4 Å². The number of hydrogen-bond donors (Lipinski definition) is 1. The first-order valence-electron chi connectivity index (χ1n) is 20.7. The maximum absolute atomic E-state index is 11.6. The summed E-state index contributed by atoms with van der Waals surface area (Å²) in [5.41, 5.74) is 16.8. The molecule has 0 aliphatic heterocycles. The van der Waals surface area contributed by atoms with Gasteiger partial charge in [0, 0.05) is 38.7 Å². The number of phenols is 1. The van der Waals surface area contributed by atoms with E-state index in [1.807, 2.05) is 60.7 Å². The molecule has 0 amide bonds. The SMILES string of the molecule is CCCc1ccc(-c2ccc3c(c2)c2ccccc2n3-c2ccccc2)cc1-c1cc(-c2cccc(-c3cc(-c4ccccc4)nc(-c4ccccc4)n3)c2)c(O)cc1C. The van der Waals surface area contributed by atoms with Crippen LogP contribution in [0.25, 0.3) is 94.8 Å². The van der Waals surface area contributed by atoms with Crippen molar-refractivity contribution in [3.8, 4) is 78.7 Å². The van der Waals surface area contributed by atoms with Crippen LogP contribution in [0.2, 0.25) is 0 Å². The van der Waals surface area contributed by atoms with Gasteiger partial charge in [0.1, 0.15) is 5.75 Å². The maximum Gasteiger partial charge on any atom is 0.160 e. The van der Waals surface area contributed by atoms with Crippen LogP contribution in [-0.2, 0) is 6.42 Å². The van der Waals surface area contributed by atoms with Gasteiger partial charge in [-0.05, 0) is 113 Å². The van der Waals surface area contributed by atoms with Gasteiger partial charge in [0.2, 0.25) is 0 Å². The molecule has 288 valence electrons. The zero-order chi connectivity index (χ0) is 40.6. The number of fused-ring (bicyclic) bond motifs is 3. The summed E-state index contributed by atoms with van der Waals surface area (Å²) in [7, 11) is 0. The molecule has 0 aliphatic rings. The second-order valence-electron chi connectivity index (χ2n) is 15.5. The molecule has 4 heteroatoms. The van der Waals surface area contributed by atoms with Gasteiger partial charge in [-0.2, -0.15) is 0 Å². The largest absolute Gasteiger partial charge is 0.507 e. The molecule has 10 aromatic rings. The Labute approximate surface area is 350 Å². The fraction of sp³-hybridized carbons (Fsp3) is 0.0714. The third kappa shape index (κ3) is 6.82. The van der Waals surface area contributed by atoms with Crippen molar-refractivity contribution in [3.05, 3.63) is 205 Å². The standard InChI is InChI=1S/C56H43N3O/c1-3-16-38-27-28-41(42-29-30-54-50(34-42)46-25-13-14-26-53(46)59(54)45-23-11-6-12-24-45)33-48(38)47-35-49(55(60)31-37(47)2)43-21-15-22-44(32-43)52-36-51(39-17-7-4-8-18-39)57-56(58-52)40-19-9-5-10-20-40/h4-15,17-36,60H,3,16H2,1-2H3. The highest BCUT2D eigenvalue weighted by molar-refractivity contribution is 6.10. The van der Waals surface area contributed by atoms with E-state index in [1.54, 1.807) is 0 Å². The van der Waals surface area contributed by atoms with Gasteiger partial charge in [0.25, 0.3) is 0 Å². The van der Waals surface area contributed by atoms with Gasteiger partial charge in [-0.25, -0.2) is 9.97 Å². The molecule has 0 atom stereocenters. The number of rotatable bonds is 9. The van der Waals surface area contributed by atoms with E-state index in [0.717, 1.165) is 74.4 Å². The molecule has 0 fully saturated rings. The molecule has 60 heavy (non-hydrogen) atoms. The third-order valence-corrected chi connectivity index (χ3v) is 11.6. The molecule has 10 rings (SSSR count). The summed E-state index contributed by atoms with van der Waals surface area (Å²) in [5.74, 6) is 0.918. The number of benzene rings is 8. The summed E-state index contributed by atoms with van der Waals surface area (Å²) in [6.07, 6.45) is 1.98. The summed E-state index contributed by atoms with van der Waals surface area (Å²) in [4.78, 5) is 10.1. The van der Waals surface area contributed by atoms with Gasteiger partial charge < -0.3 is 9.67 Å². The summed E-state index contributed by atoms with van der Waals surface area (Å²) < 4.78 is 2.36. The zero-order valence-corrected chi connectivity index (χ0v) is 33.7. The third-order valence-electron chi connectivity index (χ3n) is 11.6. The van der Waals surface area contributed by atoms with Gasteiger partial charge >= 0.3 is 0 Å². The van der Waals surface area contributed by atoms with Crippen LogP contribution in [0.3, 0.4) is 0 Å². The normalized spacial score (nSPS) is 11.4. The predicted octanol–water partition coefficient (Wildman–Crippen LogP) is 14.5. The lowest BCUT2D eigenvalue weighted by molar-refractivity contribution is 0.477. The predicted molar refractivity (Wildman–Crippen MR) is 249 cm³/mol. The first kappa shape index (κ1) is 36.8. The Kier molecular flexibility index (Phi) is 9.59. The Morgan fingerprint density at radius 2 is 1.07 bits per heavy atom. The van der Waals surface area contributed by atoms with Crippen molar-refractivity contribution < 1.29 is 5.11 Å². The molecule has 0 saturated heterocycles. The lowest BCUT2D eigenvalue weighted by Gasteiger charge is -2.17. The quantitative estimate of drug-likeness (QED) is 0.159. The molecule has 0 spiro atoms. The van der Waals surface area contributed by atoms with Gasteiger partial charge in [0.15, 0.2) is 5.82 Å². The van der Waals surface area contributed by atoms with E-state index in [0.29, 0.717) is 5.82 Å². The Balaban J connectivity index is 1.07. The van der Waals surface area contributed by atoms with Crippen LogP contribution < -0.4 is 0 Å². The summed E-state index contributed by atoms with van der Waals surface area (Å²) in [5, 5.41) is 14.1. The van der Waals surface area contributed by atoms with Crippen LogP contribution in [0.15, 0.2) is 194 Å². The van der Waals surface area contributed by atoms with Crippen LogP contribution in [0.1, 0.15) is 24.5 Å². The molecule has 8 aromatic carbocycles. The number of aromatic hydroxyl groups is 1. The Morgan fingerprint density at radius 1 is 0.450 bits per heavy atom. The number of para-hydroxylation sites is 2. The second-order valence-corrected chi connectivity index (χ2v) is 15.5. The molecular weight excluding hydrogens is 731 g/mol. The molecule has 0 saturated carbocycles. The van der Waals surface area contributed by atoms with E-state index < -0.39 is 0 Å². The summed E-state index contributed by atoms with van der Waals surface area (Å²) in [6, 6.07) is 67.8. The smallest absolute Gasteiger partial charge is 0.160 e. The fourth-order valence-corrected chi connectivity index (χ4v) is 8.63. The molecular formula is C56H43N3O. The molecule has 2 heterocycles. The van der Waals surface area contributed by atoms with Gasteiger partial charge in [-0.3, -0.25) is 0 Å². The average molecular weight is 774 g/mol. The van der Waals surface area contributed by atoms with E-state index in [2.05, 4.69) is 152 Å². The van der Waals surface area contributed by atoms with Crippen molar-refractivity contribution in [2.45, 2.75) is 26.7 Å². The van der Waals surface area contributed by atoms with Crippen molar-refractivity contribution in [1.82, 2.24) is 14.5 Å². The number of aromatic nitrogens is 3. The van der Waals surface area contributed by atoms with Crippen LogP contribution in [0, 0.1) is 6.92 Å². The second kappa shape index (κ2) is 15.7. The van der Waals surface area contributed by atoms with E-state index in [-0.39, 0.29) is 5.75 Å². The molecule has 0 unspecified atom stereocenters. The molecule has 2 aromatic heterocycles. The summed E-state index contributed by atoms with van der Waals surface area (Å²) in [6.45, 7) is 4.33. The lowest BCUT2D eigenvalue weighted by Crippen LogP contribution is -1.96. The van der Waals surface area contributed by atoms with Crippen LogP contribution in [0.4, 0.5) is 0 Å². The first-order valence-corrected chi connectivity index (χ1v) is 20.7. The number of nitrogens with zero attached hydrogens (tertiary/aromatic N) is 3. The highest BCUT2D eigenvalue weighted by Crippen LogP contribution is 2.41. The maximum atomic E-state index is 11.6. The average Bonchev–Trinajstić information content (AvgIpc) is 3.64.